The lowest BCUT2D eigenvalue weighted by Gasteiger charge is -2.03. The van der Waals surface area contributed by atoms with E-state index in [1.165, 1.54) is 7.05 Å². The topological polar surface area (TPSA) is 12.0 Å². The van der Waals surface area contributed by atoms with Gasteiger partial charge in [-0.05, 0) is 0 Å². The summed E-state index contributed by atoms with van der Waals surface area (Å²) >= 11 is 0. The van der Waals surface area contributed by atoms with Crippen molar-refractivity contribution in [2.45, 2.75) is 0 Å². The summed E-state index contributed by atoms with van der Waals surface area (Å²) in [7, 11) is 1.27. The zero-order valence-electron chi connectivity index (χ0n) is 6.09. The van der Waals surface area contributed by atoms with E-state index in [-0.39, 0.29) is 0 Å². The standard InChI is InChI=1S/C7H5F4N/c1-12-4-2-3(8)5(9)7(11)6(4)10/h2,12H,1H3. The second kappa shape index (κ2) is 3.00. The highest BCUT2D eigenvalue weighted by Crippen LogP contribution is 2.21. The average Bonchev–Trinajstić information content (AvgIpc) is 2.08. The highest BCUT2D eigenvalue weighted by atomic mass is 19.2. The SMILES string of the molecule is CNc1cc(F)c(F)c(F)c1F. The van der Waals surface area contributed by atoms with Crippen LogP contribution in [0.3, 0.4) is 0 Å². The number of hydrogen-bond acceptors (Lipinski definition) is 1. The minimum absolute atomic E-state index is 0.411. The predicted octanol–water partition coefficient (Wildman–Crippen LogP) is 2.28. The minimum Gasteiger partial charge on any atom is -0.386 e. The summed E-state index contributed by atoms with van der Waals surface area (Å²) in [5.74, 6) is -6.44. The average molecular weight is 179 g/mol. The van der Waals surface area contributed by atoms with Crippen molar-refractivity contribution in [1.82, 2.24) is 0 Å². The van der Waals surface area contributed by atoms with Gasteiger partial charge in [0.25, 0.3) is 0 Å². The molecule has 0 aliphatic heterocycles. The maximum atomic E-state index is 12.6. The summed E-state index contributed by atoms with van der Waals surface area (Å²) < 4.78 is 49.7. The molecule has 0 aliphatic rings. The Kier molecular flexibility index (Phi) is 2.21. The Morgan fingerprint density at radius 3 is 2.08 bits per heavy atom. The van der Waals surface area contributed by atoms with Gasteiger partial charge in [-0.3, -0.25) is 0 Å². The first kappa shape index (κ1) is 8.83. The molecule has 0 radical (unpaired) electrons. The van der Waals surface area contributed by atoms with Crippen LogP contribution < -0.4 is 5.32 Å². The number of hydrogen-bond donors (Lipinski definition) is 1. The van der Waals surface area contributed by atoms with Gasteiger partial charge >= 0.3 is 0 Å². The molecule has 0 amide bonds. The Morgan fingerprint density at radius 1 is 1.00 bits per heavy atom. The Balaban J connectivity index is 3.39. The Hall–Kier alpha value is -1.26. The van der Waals surface area contributed by atoms with Crippen molar-refractivity contribution in [1.29, 1.82) is 0 Å². The van der Waals surface area contributed by atoms with Crippen molar-refractivity contribution < 1.29 is 17.6 Å². The van der Waals surface area contributed by atoms with E-state index in [2.05, 4.69) is 5.32 Å². The molecule has 66 valence electrons. The number of benzene rings is 1. The summed E-state index contributed by atoms with van der Waals surface area (Å²) in [5.41, 5.74) is -0.411. The minimum atomic E-state index is -1.81. The van der Waals surface area contributed by atoms with E-state index in [9.17, 15) is 17.6 Å². The van der Waals surface area contributed by atoms with E-state index >= 15 is 0 Å². The first-order chi connectivity index (χ1) is 5.57. The van der Waals surface area contributed by atoms with E-state index in [1.54, 1.807) is 0 Å². The lowest BCUT2D eigenvalue weighted by atomic mass is 10.2. The molecule has 0 unspecified atom stereocenters. The molecule has 0 fully saturated rings. The Morgan fingerprint density at radius 2 is 1.58 bits per heavy atom. The molecule has 0 saturated heterocycles. The van der Waals surface area contributed by atoms with Crippen molar-refractivity contribution >= 4 is 5.69 Å². The van der Waals surface area contributed by atoms with Crippen LogP contribution in [0.5, 0.6) is 0 Å². The summed E-state index contributed by atoms with van der Waals surface area (Å²) in [5, 5.41) is 2.18. The van der Waals surface area contributed by atoms with Crippen molar-refractivity contribution in [2.24, 2.45) is 0 Å². The van der Waals surface area contributed by atoms with Gasteiger partial charge in [0.05, 0.1) is 5.69 Å². The summed E-state index contributed by atoms with van der Waals surface area (Å²) in [6.45, 7) is 0. The van der Waals surface area contributed by atoms with E-state index in [4.69, 9.17) is 0 Å². The van der Waals surface area contributed by atoms with Gasteiger partial charge in [0.2, 0.25) is 0 Å². The van der Waals surface area contributed by atoms with Crippen LogP contribution in [-0.4, -0.2) is 7.05 Å². The lowest BCUT2D eigenvalue weighted by Crippen LogP contribution is -2.01. The van der Waals surface area contributed by atoms with Gasteiger partial charge in [0, 0.05) is 13.1 Å². The van der Waals surface area contributed by atoms with Gasteiger partial charge in [-0.25, -0.2) is 17.6 Å². The van der Waals surface area contributed by atoms with Crippen molar-refractivity contribution in [3.05, 3.63) is 29.3 Å². The largest absolute Gasteiger partial charge is 0.386 e. The fourth-order valence-electron chi connectivity index (χ4n) is 0.755. The molecule has 0 bridgehead atoms. The molecular weight excluding hydrogens is 174 g/mol. The van der Waals surface area contributed by atoms with E-state index in [0.29, 0.717) is 6.07 Å². The van der Waals surface area contributed by atoms with Crippen molar-refractivity contribution in [3.63, 3.8) is 0 Å². The third kappa shape index (κ3) is 1.22. The van der Waals surface area contributed by atoms with Gasteiger partial charge in [0.1, 0.15) is 0 Å². The Labute approximate surface area is 66.0 Å². The summed E-state index contributed by atoms with van der Waals surface area (Å²) in [6.07, 6.45) is 0. The molecule has 12 heavy (non-hydrogen) atoms. The third-order valence-corrected chi connectivity index (χ3v) is 1.37. The van der Waals surface area contributed by atoms with Gasteiger partial charge in [-0.15, -0.1) is 0 Å². The molecule has 0 spiro atoms. The van der Waals surface area contributed by atoms with Crippen LogP contribution in [0.15, 0.2) is 6.07 Å². The second-order valence-corrected chi connectivity index (χ2v) is 2.10. The van der Waals surface area contributed by atoms with Crippen LogP contribution >= 0.6 is 0 Å². The van der Waals surface area contributed by atoms with Crippen LogP contribution in [0.2, 0.25) is 0 Å². The van der Waals surface area contributed by atoms with Crippen LogP contribution in [0.25, 0.3) is 0 Å². The first-order valence-corrected chi connectivity index (χ1v) is 3.08. The summed E-state index contributed by atoms with van der Waals surface area (Å²) in [6, 6.07) is 0.549. The molecule has 0 heterocycles. The summed E-state index contributed by atoms with van der Waals surface area (Å²) in [4.78, 5) is 0. The fourth-order valence-corrected chi connectivity index (χ4v) is 0.755. The quantitative estimate of drug-likeness (QED) is 0.396. The molecule has 5 heteroatoms. The van der Waals surface area contributed by atoms with Gasteiger partial charge < -0.3 is 5.32 Å². The molecule has 1 N–H and O–H groups in total. The predicted molar refractivity (Wildman–Crippen MR) is 35.8 cm³/mol. The van der Waals surface area contributed by atoms with E-state index in [0.717, 1.165) is 0 Å². The van der Waals surface area contributed by atoms with Crippen molar-refractivity contribution in [2.75, 3.05) is 12.4 Å². The zero-order chi connectivity index (χ0) is 9.30. The fraction of sp³-hybridized carbons (Fsp3) is 0.143. The maximum Gasteiger partial charge on any atom is 0.199 e. The van der Waals surface area contributed by atoms with Crippen molar-refractivity contribution in [3.8, 4) is 0 Å². The molecule has 0 aliphatic carbocycles. The zero-order valence-corrected chi connectivity index (χ0v) is 6.09. The monoisotopic (exact) mass is 179 g/mol. The maximum absolute atomic E-state index is 12.6. The molecule has 0 saturated carbocycles. The number of halogens is 4. The normalized spacial score (nSPS) is 10.1. The van der Waals surface area contributed by atoms with Gasteiger partial charge in [-0.1, -0.05) is 0 Å². The molecule has 1 aromatic carbocycles. The van der Waals surface area contributed by atoms with Crippen LogP contribution in [0.4, 0.5) is 23.2 Å². The number of nitrogens with one attached hydrogen (secondary N) is 1. The molecule has 1 aromatic rings. The smallest absolute Gasteiger partial charge is 0.199 e. The molecule has 1 nitrogen and oxygen atoms in total. The van der Waals surface area contributed by atoms with Gasteiger partial charge in [0.15, 0.2) is 23.3 Å². The van der Waals surface area contributed by atoms with Crippen LogP contribution in [0.1, 0.15) is 0 Å². The van der Waals surface area contributed by atoms with E-state index < -0.39 is 29.0 Å². The van der Waals surface area contributed by atoms with E-state index in [1.807, 2.05) is 0 Å². The van der Waals surface area contributed by atoms with Crippen LogP contribution in [0, 0.1) is 23.3 Å². The first-order valence-electron chi connectivity index (χ1n) is 3.08. The lowest BCUT2D eigenvalue weighted by molar-refractivity contribution is 0.411. The highest BCUT2D eigenvalue weighted by Gasteiger charge is 2.17. The number of anilines is 1. The highest BCUT2D eigenvalue weighted by molar-refractivity contribution is 5.45. The van der Waals surface area contributed by atoms with Gasteiger partial charge in [-0.2, -0.15) is 0 Å². The second-order valence-electron chi connectivity index (χ2n) is 2.10. The third-order valence-electron chi connectivity index (χ3n) is 1.37. The molecule has 1 rings (SSSR count). The number of rotatable bonds is 1. The van der Waals surface area contributed by atoms with Crippen LogP contribution in [-0.2, 0) is 0 Å². The molecule has 0 aromatic heterocycles. The Bertz CT molecular complexity index is 311. The molecule has 0 atom stereocenters. The molecular formula is C7H5F4N.